The molecule has 1 aromatic carbocycles. The monoisotopic (exact) mass is 466 g/mol. The number of H-pyrrole nitrogens is 1. The molecule has 6 N–H and O–H groups in total. The molecule has 3 unspecified atom stereocenters. The van der Waals surface area contributed by atoms with Crippen LogP contribution < -0.4 is 21.7 Å². The molecule has 180 valence electrons. The highest BCUT2D eigenvalue weighted by Gasteiger charge is 2.45. The molecule has 1 aliphatic carbocycles. The Labute approximate surface area is 197 Å². The van der Waals surface area contributed by atoms with Gasteiger partial charge in [0.1, 0.15) is 12.1 Å². The molecule has 10 nitrogen and oxygen atoms in total. The quantitative estimate of drug-likeness (QED) is 0.343. The van der Waals surface area contributed by atoms with Crippen LogP contribution in [0.15, 0.2) is 43.1 Å². The van der Waals surface area contributed by atoms with Crippen LogP contribution >= 0.6 is 0 Å². The zero-order chi connectivity index (χ0) is 24.2. The van der Waals surface area contributed by atoms with Crippen LogP contribution in [0.2, 0.25) is 0 Å². The van der Waals surface area contributed by atoms with Crippen molar-refractivity contribution >= 4 is 34.7 Å². The number of primary amides is 1. The minimum absolute atomic E-state index is 0.0817. The molecule has 1 aliphatic heterocycles. The largest absolute Gasteiger partial charge is 0.368 e. The molecule has 0 bridgehead atoms. The topological polar surface area (TPSA) is 149 Å². The first-order valence-corrected chi connectivity index (χ1v) is 11.5. The van der Waals surface area contributed by atoms with E-state index in [0.29, 0.717) is 6.54 Å². The molecular formula is C24H30N6O4. The number of benzene rings is 1. The maximum atomic E-state index is 13.3. The molecule has 3 atom stereocenters. The predicted molar refractivity (Wildman–Crippen MR) is 126 cm³/mol. The van der Waals surface area contributed by atoms with E-state index >= 15 is 0 Å². The van der Waals surface area contributed by atoms with Crippen molar-refractivity contribution in [2.75, 3.05) is 13.1 Å². The number of hydrogen-bond acceptors (Lipinski definition) is 4. The first-order valence-electron chi connectivity index (χ1n) is 11.5. The molecule has 1 saturated heterocycles. The second-order valence-electron chi connectivity index (χ2n) is 8.88. The predicted octanol–water partition coefficient (Wildman–Crippen LogP) is 0.545. The van der Waals surface area contributed by atoms with Crippen molar-refractivity contribution in [1.82, 2.24) is 25.8 Å². The highest BCUT2D eigenvalue weighted by Crippen LogP contribution is 2.34. The molecule has 10 heteroatoms. The average Bonchev–Trinajstić information content (AvgIpc) is 3.47. The van der Waals surface area contributed by atoms with Gasteiger partial charge in [-0.05, 0) is 30.9 Å². The fourth-order valence-electron chi connectivity index (χ4n) is 4.41. The standard InChI is InChI=1S/C24H30N6O4/c1-2-9-26-24(34)28-16-11-20(30(13-16)23(33)14-7-8-14)22(32)29-19(21(25)31)10-15-12-27-18-6-4-3-5-17(15)18/h2-6,12,14,16,19-20,27H,1,7-11,13H2,(H2,25,31)(H,29,32)(H2,26,28,34). The lowest BCUT2D eigenvalue weighted by Gasteiger charge is -2.25. The van der Waals surface area contributed by atoms with Crippen molar-refractivity contribution in [1.29, 1.82) is 0 Å². The number of likely N-dealkylation sites (tertiary alicyclic amines) is 1. The molecule has 4 rings (SSSR count). The lowest BCUT2D eigenvalue weighted by molar-refractivity contribution is -0.140. The number of nitrogens with two attached hydrogens (primary N) is 1. The van der Waals surface area contributed by atoms with E-state index < -0.39 is 23.9 Å². The molecule has 2 aromatic rings. The van der Waals surface area contributed by atoms with Gasteiger partial charge in [-0.1, -0.05) is 24.3 Å². The van der Waals surface area contributed by atoms with E-state index in [0.717, 1.165) is 29.3 Å². The number of aromatic amines is 1. The van der Waals surface area contributed by atoms with Crippen molar-refractivity contribution in [2.24, 2.45) is 11.7 Å². The van der Waals surface area contributed by atoms with Crippen molar-refractivity contribution < 1.29 is 19.2 Å². The summed E-state index contributed by atoms with van der Waals surface area (Å²) in [6.07, 6.45) is 5.43. The zero-order valence-electron chi connectivity index (χ0n) is 18.9. The number of aromatic nitrogens is 1. The van der Waals surface area contributed by atoms with Crippen molar-refractivity contribution in [2.45, 2.75) is 43.8 Å². The van der Waals surface area contributed by atoms with Crippen molar-refractivity contribution in [3.8, 4) is 0 Å². The molecular weight excluding hydrogens is 436 g/mol. The van der Waals surface area contributed by atoms with Crippen LogP contribution in [-0.2, 0) is 20.8 Å². The lowest BCUT2D eigenvalue weighted by atomic mass is 10.0. The van der Waals surface area contributed by atoms with Gasteiger partial charge in [0, 0.05) is 42.5 Å². The Morgan fingerprint density at radius 2 is 2.00 bits per heavy atom. The average molecular weight is 467 g/mol. The molecule has 2 aliphatic rings. The molecule has 5 amide bonds. The Hall–Kier alpha value is -3.82. The fourth-order valence-corrected chi connectivity index (χ4v) is 4.41. The van der Waals surface area contributed by atoms with Gasteiger partial charge in [0.2, 0.25) is 17.7 Å². The Kier molecular flexibility index (Phi) is 6.85. The van der Waals surface area contributed by atoms with E-state index in [1.165, 1.54) is 4.90 Å². The normalized spacial score (nSPS) is 20.5. The summed E-state index contributed by atoms with van der Waals surface area (Å²) in [5.74, 6) is -1.28. The van der Waals surface area contributed by atoms with Crippen LogP contribution in [0, 0.1) is 5.92 Å². The van der Waals surface area contributed by atoms with Crippen LogP contribution in [-0.4, -0.2) is 64.9 Å². The number of amides is 5. The van der Waals surface area contributed by atoms with E-state index in [4.69, 9.17) is 5.73 Å². The number of rotatable bonds is 9. The molecule has 0 radical (unpaired) electrons. The number of carbonyl (C=O) groups excluding carboxylic acids is 4. The number of carbonyl (C=O) groups is 4. The summed E-state index contributed by atoms with van der Waals surface area (Å²) in [6.45, 7) is 4.10. The molecule has 2 heterocycles. The third kappa shape index (κ3) is 5.22. The van der Waals surface area contributed by atoms with Gasteiger partial charge in [0.15, 0.2) is 0 Å². The van der Waals surface area contributed by atoms with E-state index in [1.54, 1.807) is 12.3 Å². The first kappa shape index (κ1) is 23.3. The van der Waals surface area contributed by atoms with Crippen LogP contribution in [0.5, 0.6) is 0 Å². The summed E-state index contributed by atoms with van der Waals surface area (Å²) in [5.41, 5.74) is 7.40. The van der Waals surface area contributed by atoms with Gasteiger partial charge in [0.05, 0.1) is 6.04 Å². The number of hydrogen-bond donors (Lipinski definition) is 5. The van der Waals surface area contributed by atoms with E-state index in [2.05, 4.69) is 27.5 Å². The molecule has 1 aromatic heterocycles. The van der Waals surface area contributed by atoms with Crippen LogP contribution in [0.3, 0.4) is 0 Å². The maximum Gasteiger partial charge on any atom is 0.315 e. The summed E-state index contributed by atoms with van der Waals surface area (Å²) in [6, 6.07) is 5.16. The van der Waals surface area contributed by atoms with Crippen molar-refractivity contribution in [3.05, 3.63) is 48.7 Å². The maximum absolute atomic E-state index is 13.3. The molecule has 1 saturated carbocycles. The number of nitrogens with one attached hydrogen (secondary N) is 4. The SMILES string of the molecule is C=CCNC(=O)NC1CC(C(=O)NC(Cc2c[nH]c3ccccc23)C(N)=O)N(C(=O)C2CC2)C1. The second kappa shape index (κ2) is 9.98. The first-order chi connectivity index (χ1) is 16.4. The van der Waals surface area contributed by atoms with Gasteiger partial charge >= 0.3 is 6.03 Å². The van der Waals surface area contributed by atoms with Crippen LogP contribution in [0.1, 0.15) is 24.8 Å². The van der Waals surface area contributed by atoms with Gasteiger partial charge in [-0.15, -0.1) is 6.58 Å². The summed E-state index contributed by atoms with van der Waals surface area (Å²) >= 11 is 0. The van der Waals surface area contributed by atoms with Crippen molar-refractivity contribution in [3.63, 3.8) is 0 Å². The summed E-state index contributed by atoms with van der Waals surface area (Å²) < 4.78 is 0. The number of nitrogens with zero attached hydrogens (tertiary/aromatic N) is 1. The number of para-hydroxylation sites is 1. The van der Waals surface area contributed by atoms with E-state index in [1.807, 2.05) is 24.3 Å². The Bertz CT molecular complexity index is 1110. The fraction of sp³-hybridized carbons (Fsp3) is 0.417. The minimum Gasteiger partial charge on any atom is -0.368 e. The summed E-state index contributed by atoms with van der Waals surface area (Å²) in [4.78, 5) is 55.1. The van der Waals surface area contributed by atoms with Crippen LogP contribution in [0.4, 0.5) is 4.79 Å². The van der Waals surface area contributed by atoms with Gasteiger partial charge in [0.25, 0.3) is 0 Å². The Morgan fingerprint density at radius 1 is 1.24 bits per heavy atom. The summed E-state index contributed by atoms with van der Waals surface area (Å²) in [5, 5.41) is 9.14. The van der Waals surface area contributed by atoms with Gasteiger partial charge in [-0.25, -0.2) is 4.79 Å². The number of urea groups is 1. The molecule has 34 heavy (non-hydrogen) atoms. The zero-order valence-corrected chi connectivity index (χ0v) is 18.9. The van der Waals surface area contributed by atoms with Crippen LogP contribution in [0.25, 0.3) is 10.9 Å². The number of fused-ring (bicyclic) bond motifs is 1. The summed E-state index contributed by atoms with van der Waals surface area (Å²) in [7, 11) is 0. The lowest BCUT2D eigenvalue weighted by Crippen LogP contribution is -2.53. The third-order valence-corrected chi connectivity index (χ3v) is 6.31. The minimum atomic E-state index is -0.938. The Balaban J connectivity index is 1.46. The van der Waals surface area contributed by atoms with Gasteiger partial charge in [-0.3, -0.25) is 14.4 Å². The highest BCUT2D eigenvalue weighted by atomic mass is 16.2. The second-order valence-corrected chi connectivity index (χ2v) is 8.88. The highest BCUT2D eigenvalue weighted by molar-refractivity contribution is 5.94. The molecule has 2 fully saturated rings. The van der Waals surface area contributed by atoms with Gasteiger partial charge in [-0.2, -0.15) is 0 Å². The Morgan fingerprint density at radius 3 is 2.71 bits per heavy atom. The molecule has 0 spiro atoms. The van der Waals surface area contributed by atoms with E-state index in [-0.39, 0.29) is 43.3 Å². The van der Waals surface area contributed by atoms with Gasteiger partial charge < -0.3 is 31.6 Å². The van der Waals surface area contributed by atoms with E-state index in [9.17, 15) is 19.2 Å². The third-order valence-electron chi connectivity index (χ3n) is 6.31. The smallest absolute Gasteiger partial charge is 0.315 e.